The van der Waals surface area contributed by atoms with Gasteiger partial charge in [-0.2, -0.15) is 5.10 Å². The largest absolute Gasteiger partial charge is 0.497 e. The molecule has 0 spiro atoms. The second-order valence-electron chi connectivity index (χ2n) is 9.82. The molecule has 9 nitrogen and oxygen atoms in total. The van der Waals surface area contributed by atoms with Crippen LogP contribution < -0.4 is 15.0 Å². The number of piperidine rings is 1. The first-order chi connectivity index (χ1) is 19.0. The minimum Gasteiger partial charge on any atom is -0.497 e. The molecule has 2 atom stereocenters. The predicted octanol–water partition coefficient (Wildman–Crippen LogP) is 4.77. The van der Waals surface area contributed by atoms with E-state index in [-0.39, 0.29) is 18.5 Å². The van der Waals surface area contributed by atoms with Crippen LogP contribution in [0.4, 0.5) is 11.5 Å². The van der Waals surface area contributed by atoms with Crippen LogP contribution in [0.15, 0.2) is 66.0 Å². The average Bonchev–Trinajstić information content (AvgIpc) is 3.43. The van der Waals surface area contributed by atoms with Crippen LogP contribution in [0.3, 0.4) is 0 Å². The molecule has 0 radical (unpaired) electrons. The van der Waals surface area contributed by atoms with Crippen LogP contribution in [0.1, 0.15) is 49.3 Å². The van der Waals surface area contributed by atoms with Gasteiger partial charge < -0.3 is 24.4 Å². The first-order valence-corrected chi connectivity index (χ1v) is 13.3. The van der Waals surface area contributed by atoms with Gasteiger partial charge in [0.25, 0.3) is 0 Å². The maximum atomic E-state index is 13.7. The van der Waals surface area contributed by atoms with Gasteiger partial charge in [0.2, 0.25) is 0 Å². The van der Waals surface area contributed by atoms with Crippen molar-refractivity contribution in [1.29, 1.82) is 0 Å². The highest BCUT2D eigenvalue weighted by Gasteiger charge is 2.37. The molecule has 3 aromatic rings. The van der Waals surface area contributed by atoms with Gasteiger partial charge in [-0.05, 0) is 43.9 Å². The number of hydrogen-bond acceptors (Lipinski definition) is 8. The maximum Gasteiger partial charge on any atom is 0.337 e. The van der Waals surface area contributed by atoms with Gasteiger partial charge >= 0.3 is 11.9 Å². The number of rotatable bonds is 8. The molecule has 9 heteroatoms. The molecule has 3 heterocycles. The third kappa shape index (κ3) is 5.48. The van der Waals surface area contributed by atoms with Crippen LogP contribution >= 0.6 is 0 Å². The minimum absolute atomic E-state index is 0.171. The summed E-state index contributed by atoms with van der Waals surface area (Å²) >= 11 is 0. The SMILES string of the molecule is CCOC(=O)[C@@H]1CCCN(c2cc(OC)ccc2C2C(C(=O)OCc3ccccc3)=C(C)Nc3[nH]ncc32)C1. The van der Waals surface area contributed by atoms with Crippen LogP contribution in [0.25, 0.3) is 0 Å². The Morgan fingerprint density at radius 2 is 1.92 bits per heavy atom. The van der Waals surface area contributed by atoms with Crippen LogP contribution in [0, 0.1) is 5.92 Å². The number of ether oxygens (including phenoxy) is 3. The number of nitrogens with zero attached hydrogens (tertiary/aromatic N) is 2. The molecular formula is C30H34N4O5. The number of fused-ring (bicyclic) bond motifs is 1. The topological polar surface area (TPSA) is 106 Å². The molecule has 1 aromatic heterocycles. The van der Waals surface area contributed by atoms with E-state index in [1.165, 1.54) is 0 Å². The number of nitrogens with one attached hydrogen (secondary N) is 2. The Labute approximate surface area is 228 Å². The van der Waals surface area contributed by atoms with E-state index < -0.39 is 11.9 Å². The number of anilines is 2. The minimum atomic E-state index is -0.438. The Kier molecular flexibility index (Phi) is 7.86. The Morgan fingerprint density at radius 3 is 2.69 bits per heavy atom. The van der Waals surface area contributed by atoms with Crippen LogP contribution in [0.2, 0.25) is 0 Å². The summed E-state index contributed by atoms with van der Waals surface area (Å²) in [5.74, 6) is 0.205. The standard InChI is InChI=1S/C30H34N4O5/c1-4-38-29(35)21-11-8-14-34(17-21)25-15-22(37-3)12-13-23(25)27-24-16-31-33-28(24)32-19(2)26(27)30(36)39-18-20-9-6-5-7-10-20/h5-7,9-10,12-13,15-16,21,27H,4,8,11,14,17-18H2,1-3H3,(H2,31,32,33)/t21-,27?/m1/s1. The third-order valence-electron chi connectivity index (χ3n) is 7.35. The molecule has 0 bridgehead atoms. The lowest BCUT2D eigenvalue weighted by Crippen LogP contribution is -2.40. The predicted molar refractivity (Wildman–Crippen MR) is 148 cm³/mol. The molecule has 0 amide bonds. The lowest BCUT2D eigenvalue weighted by molar-refractivity contribution is -0.148. The van der Waals surface area contributed by atoms with E-state index in [0.29, 0.717) is 30.2 Å². The van der Waals surface area contributed by atoms with Gasteiger partial charge in [-0.25, -0.2) is 4.79 Å². The number of hydrogen-bond donors (Lipinski definition) is 2. The van der Waals surface area contributed by atoms with Crippen molar-refractivity contribution in [1.82, 2.24) is 10.2 Å². The van der Waals surface area contributed by atoms with E-state index in [2.05, 4.69) is 20.4 Å². The normalized spacial score (nSPS) is 18.7. The zero-order valence-corrected chi connectivity index (χ0v) is 22.5. The summed E-state index contributed by atoms with van der Waals surface area (Å²) in [7, 11) is 1.63. The van der Waals surface area contributed by atoms with E-state index in [4.69, 9.17) is 14.2 Å². The zero-order valence-electron chi connectivity index (χ0n) is 22.5. The number of esters is 2. The summed E-state index contributed by atoms with van der Waals surface area (Å²) in [5.41, 5.74) is 4.79. The molecular weight excluding hydrogens is 496 g/mol. The summed E-state index contributed by atoms with van der Waals surface area (Å²) in [6, 6.07) is 15.5. The highest BCUT2D eigenvalue weighted by atomic mass is 16.5. The van der Waals surface area contributed by atoms with E-state index in [9.17, 15) is 9.59 Å². The second-order valence-corrected chi connectivity index (χ2v) is 9.82. The van der Waals surface area contributed by atoms with Gasteiger partial charge in [-0.3, -0.25) is 9.89 Å². The number of H-pyrrole nitrogens is 1. The van der Waals surface area contributed by atoms with Gasteiger partial charge in [-0.1, -0.05) is 36.4 Å². The lowest BCUT2D eigenvalue weighted by Gasteiger charge is -2.37. The summed E-state index contributed by atoms with van der Waals surface area (Å²) in [6.07, 6.45) is 3.38. The molecule has 204 valence electrons. The highest BCUT2D eigenvalue weighted by molar-refractivity contribution is 5.95. The number of carbonyl (C=O) groups is 2. The number of aromatic nitrogens is 2. The molecule has 2 aliphatic rings. The van der Waals surface area contributed by atoms with Crippen molar-refractivity contribution in [3.05, 3.63) is 82.7 Å². The Bertz CT molecular complexity index is 1370. The quantitative estimate of drug-likeness (QED) is 0.401. The molecule has 5 rings (SSSR count). The first-order valence-electron chi connectivity index (χ1n) is 13.3. The van der Waals surface area contributed by atoms with Crippen molar-refractivity contribution >= 4 is 23.4 Å². The van der Waals surface area contributed by atoms with E-state index >= 15 is 0 Å². The number of benzene rings is 2. The Hall–Kier alpha value is -4.27. The Balaban J connectivity index is 1.54. The van der Waals surface area contributed by atoms with E-state index in [1.54, 1.807) is 13.3 Å². The molecule has 2 N–H and O–H groups in total. The molecule has 1 unspecified atom stereocenters. The van der Waals surface area contributed by atoms with E-state index in [0.717, 1.165) is 47.6 Å². The highest BCUT2D eigenvalue weighted by Crippen LogP contribution is 2.46. The molecule has 1 fully saturated rings. The fourth-order valence-electron chi connectivity index (χ4n) is 5.45. The lowest BCUT2D eigenvalue weighted by atomic mass is 9.81. The van der Waals surface area contributed by atoms with E-state index in [1.807, 2.05) is 62.4 Å². The zero-order chi connectivity index (χ0) is 27.4. The van der Waals surface area contributed by atoms with Gasteiger partial charge in [0, 0.05) is 36.1 Å². The maximum absolute atomic E-state index is 13.7. The van der Waals surface area contributed by atoms with Crippen LogP contribution in [-0.4, -0.2) is 48.9 Å². The van der Waals surface area contributed by atoms with Crippen molar-refractivity contribution in [2.75, 3.05) is 37.0 Å². The van der Waals surface area contributed by atoms with Crippen molar-refractivity contribution < 1.29 is 23.8 Å². The number of allylic oxidation sites excluding steroid dienone is 1. The van der Waals surface area contributed by atoms with Gasteiger partial charge in [0.1, 0.15) is 18.2 Å². The molecule has 0 saturated carbocycles. The summed E-state index contributed by atoms with van der Waals surface area (Å²) in [4.78, 5) is 28.5. The fraction of sp³-hybridized carbons (Fsp3) is 0.367. The van der Waals surface area contributed by atoms with Crippen molar-refractivity contribution in [2.45, 2.75) is 39.2 Å². The van der Waals surface area contributed by atoms with Gasteiger partial charge in [0.15, 0.2) is 0 Å². The first kappa shape index (κ1) is 26.3. The molecule has 0 aliphatic carbocycles. The van der Waals surface area contributed by atoms with Crippen LogP contribution in [0.5, 0.6) is 5.75 Å². The fourth-order valence-corrected chi connectivity index (χ4v) is 5.45. The second kappa shape index (κ2) is 11.6. The van der Waals surface area contributed by atoms with Crippen molar-refractivity contribution in [3.8, 4) is 5.75 Å². The van der Waals surface area contributed by atoms with Crippen molar-refractivity contribution in [3.63, 3.8) is 0 Å². The summed E-state index contributed by atoms with van der Waals surface area (Å²) < 4.78 is 16.7. The van der Waals surface area contributed by atoms with Crippen LogP contribution in [-0.2, 0) is 25.7 Å². The smallest absolute Gasteiger partial charge is 0.337 e. The third-order valence-corrected chi connectivity index (χ3v) is 7.35. The number of carbonyl (C=O) groups excluding carboxylic acids is 2. The number of methoxy groups -OCH3 is 1. The summed E-state index contributed by atoms with van der Waals surface area (Å²) in [6.45, 7) is 5.53. The molecule has 39 heavy (non-hydrogen) atoms. The molecule has 1 saturated heterocycles. The summed E-state index contributed by atoms with van der Waals surface area (Å²) in [5, 5.41) is 10.6. The average molecular weight is 531 g/mol. The van der Waals surface area contributed by atoms with Crippen molar-refractivity contribution in [2.24, 2.45) is 5.92 Å². The number of aromatic amines is 1. The van der Waals surface area contributed by atoms with Gasteiger partial charge in [-0.15, -0.1) is 0 Å². The molecule has 2 aromatic carbocycles. The van der Waals surface area contributed by atoms with Gasteiger partial charge in [0.05, 0.1) is 37.3 Å². The molecule has 2 aliphatic heterocycles. The Morgan fingerprint density at radius 1 is 1.10 bits per heavy atom. The monoisotopic (exact) mass is 530 g/mol.